The van der Waals surface area contributed by atoms with E-state index in [9.17, 15) is 4.79 Å². The Morgan fingerprint density at radius 1 is 1.20 bits per heavy atom. The van der Waals surface area contributed by atoms with Gasteiger partial charge in [-0.3, -0.25) is 4.68 Å². The van der Waals surface area contributed by atoms with E-state index in [2.05, 4.69) is 5.10 Å². The summed E-state index contributed by atoms with van der Waals surface area (Å²) in [6.07, 6.45) is 4.99. The highest BCUT2D eigenvalue weighted by atomic mass is 16.4. The van der Waals surface area contributed by atoms with E-state index in [4.69, 9.17) is 9.52 Å². The number of rotatable bonds is 4. The quantitative estimate of drug-likeness (QED) is 0.790. The van der Waals surface area contributed by atoms with E-state index < -0.39 is 5.97 Å². The number of furan rings is 1. The van der Waals surface area contributed by atoms with Gasteiger partial charge in [0.15, 0.2) is 0 Å². The zero-order valence-electron chi connectivity index (χ0n) is 10.6. The van der Waals surface area contributed by atoms with Gasteiger partial charge in [0.25, 0.3) is 0 Å². The summed E-state index contributed by atoms with van der Waals surface area (Å²) in [5.74, 6) is -0.607. The van der Waals surface area contributed by atoms with Crippen molar-refractivity contribution in [1.29, 1.82) is 0 Å². The van der Waals surface area contributed by atoms with Crippen LogP contribution >= 0.6 is 0 Å². The van der Waals surface area contributed by atoms with Crippen LogP contribution in [0, 0.1) is 0 Å². The minimum atomic E-state index is -0.996. The van der Waals surface area contributed by atoms with Crippen LogP contribution < -0.4 is 0 Å². The fourth-order valence-corrected chi connectivity index (χ4v) is 2.03. The lowest BCUT2D eigenvalue weighted by molar-refractivity contribution is 0.0694. The molecule has 2 heterocycles. The first-order chi connectivity index (χ1) is 9.74. The Labute approximate surface area is 115 Å². The first-order valence-electron chi connectivity index (χ1n) is 6.11. The summed E-state index contributed by atoms with van der Waals surface area (Å²) in [6, 6.07) is 11.3. The number of hydrogen-bond donors (Lipinski definition) is 1. The Balaban J connectivity index is 1.84. The lowest BCUT2D eigenvalue weighted by atomic mass is 10.1. The standard InChI is InChI=1S/C15H12N2O3/c18-15(19)13-6-7-20-14(13)10-17-9-12(8-16-17)11-4-2-1-3-5-11/h1-9H,10H2,(H,18,19). The first-order valence-corrected chi connectivity index (χ1v) is 6.11. The molecule has 0 aliphatic rings. The molecule has 1 aromatic carbocycles. The third kappa shape index (κ3) is 2.33. The maximum Gasteiger partial charge on any atom is 0.339 e. The van der Waals surface area contributed by atoms with Gasteiger partial charge < -0.3 is 9.52 Å². The molecule has 0 unspecified atom stereocenters. The molecular weight excluding hydrogens is 256 g/mol. The predicted octanol–water partition coefficient (Wildman–Crippen LogP) is 2.89. The van der Waals surface area contributed by atoms with Gasteiger partial charge in [0.1, 0.15) is 11.3 Å². The fourth-order valence-electron chi connectivity index (χ4n) is 2.03. The smallest absolute Gasteiger partial charge is 0.339 e. The predicted molar refractivity (Wildman–Crippen MR) is 72.4 cm³/mol. The Hall–Kier alpha value is -2.82. The number of nitrogens with zero attached hydrogens (tertiary/aromatic N) is 2. The SMILES string of the molecule is O=C(O)c1ccoc1Cn1cc(-c2ccccc2)cn1. The van der Waals surface area contributed by atoms with E-state index in [1.807, 2.05) is 36.5 Å². The lowest BCUT2D eigenvalue weighted by Gasteiger charge is -1.99. The van der Waals surface area contributed by atoms with Crippen LogP contribution in [-0.4, -0.2) is 20.9 Å². The van der Waals surface area contributed by atoms with Gasteiger partial charge in [-0.15, -0.1) is 0 Å². The summed E-state index contributed by atoms with van der Waals surface area (Å²) in [7, 11) is 0. The van der Waals surface area contributed by atoms with Crippen LogP contribution in [0.15, 0.2) is 59.5 Å². The third-order valence-corrected chi connectivity index (χ3v) is 3.02. The molecule has 5 nitrogen and oxygen atoms in total. The molecule has 0 amide bonds. The van der Waals surface area contributed by atoms with Crippen molar-refractivity contribution in [2.75, 3.05) is 0 Å². The molecule has 0 aliphatic heterocycles. The van der Waals surface area contributed by atoms with Crippen molar-refractivity contribution >= 4 is 5.97 Å². The molecule has 1 N–H and O–H groups in total. The molecule has 0 atom stereocenters. The van der Waals surface area contributed by atoms with E-state index in [1.165, 1.54) is 12.3 Å². The zero-order chi connectivity index (χ0) is 13.9. The molecule has 5 heteroatoms. The summed E-state index contributed by atoms with van der Waals surface area (Å²) >= 11 is 0. The molecule has 2 aromatic heterocycles. The highest BCUT2D eigenvalue weighted by Gasteiger charge is 2.14. The summed E-state index contributed by atoms with van der Waals surface area (Å²) in [5, 5.41) is 13.3. The molecule has 0 fully saturated rings. The fraction of sp³-hybridized carbons (Fsp3) is 0.0667. The summed E-state index contributed by atoms with van der Waals surface area (Å²) in [6.45, 7) is 0.293. The molecule has 3 aromatic rings. The Kier molecular flexibility index (Phi) is 3.09. The largest absolute Gasteiger partial charge is 0.478 e. The molecular formula is C15H12N2O3. The summed E-state index contributed by atoms with van der Waals surface area (Å²) < 4.78 is 6.86. The van der Waals surface area contributed by atoms with Gasteiger partial charge in [-0.1, -0.05) is 30.3 Å². The van der Waals surface area contributed by atoms with Gasteiger partial charge in [0.2, 0.25) is 0 Å². The molecule has 0 saturated carbocycles. The van der Waals surface area contributed by atoms with Crippen molar-refractivity contribution in [2.45, 2.75) is 6.54 Å². The topological polar surface area (TPSA) is 68.3 Å². The van der Waals surface area contributed by atoms with Crippen LogP contribution in [0.2, 0.25) is 0 Å². The van der Waals surface area contributed by atoms with Crippen LogP contribution in [0.1, 0.15) is 16.1 Å². The van der Waals surface area contributed by atoms with Gasteiger partial charge in [-0.25, -0.2) is 4.79 Å². The second-order valence-electron chi connectivity index (χ2n) is 4.36. The van der Waals surface area contributed by atoms with Crippen LogP contribution in [0.5, 0.6) is 0 Å². The number of carboxylic acid groups (broad SMARTS) is 1. The van der Waals surface area contributed by atoms with Crippen molar-refractivity contribution in [2.24, 2.45) is 0 Å². The van der Waals surface area contributed by atoms with Crippen LogP contribution in [0.4, 0.5) is 0 Å². The first kappa shape index (κ1) is 12.2. The number of benzene rings is 1. The number of aromatic carboxylic acids is 1. The lowest BCUT2D eigenvalue weighted by Crippen LogP contribution is -2.04. The van der Waals surface area contributed by atoms with E-state index in [1.54, 1.807) is 10.9 Å². The number of carboxylic acids is 1. The maximum absolute atomic E-state index is 11.0. The van der Waals surface area contributed by atoms with Crippen molar-refractivity contribution in [1.82, 2.24) is 9.78 Å². The average Bonchev–Trinajstić information content (AvgIpc) is 3.09. The Morgan fingerprint density at radius 3 is 2.75 bits per heavy atom. The van der Waals surface area contributed by atoms with Gasteiger partial charge in [0, 0.05) is 11.8 Å². The Bertz CT molecular complexity index is 728. The zero-order valence-corrected chi connectivity index (χ0v) is 10.6. The molecule has 20 heavy (non-hydrogen) atoms. The second kappa shape index (κ2) is 5.05. The molecule has 0 aliphatic carbocycles. The molecule has 0 radical (unpaired) electrons. The van der Waals surface area contributed by atoms with Crippen LogP contribution in [0.3, 0.4) is 0 Å². The molecule has 0 spiro atoms. The highest BCUT2D eigenvalue weighted by Crippen LogP contribution is 2.19. The molecule has 0 saturated heterocycles. The van der Waals surface area contributed by atoms with E-state index in [-0.39, 0.29) is 5.56 Å². The Morgan fingerprint density at radius 2 is 2.00 bits per heavy atom. The van der Waals surface area contributed by atoms with Crippen molar-refractivity contribution in [3.05, 3.63) is 66.4 Å². The van der Waals surface area contributed by atoms with Crippen LogP contribution in [0.25, 0.3) is 11.1 Å². The molecule has 3 rings (SSSR count). The van der Waals surface area contributed by atoms with E-state index in [0.29, 0.717) is 12.3 Å². The van der Waals surface area contributed by atoms with Gasteiger partial charge in [-0.05, 0) is 11.6 Å². The van der Waals surface area contributed by atoms with Crippen molar-refractivity contribution in [3.8, 4) is 11.1 Å². The third-order valence-electron chi connectivity index (χ3n) is 3.02. The maximum atomic E-state index is 11.0. The molecule has 0 bridgehead atoms. The normalized spacial score (nSPS) is 10.6. The summed E-state index contributed by atoms with van der Waals surface area (Å²) in [4.78, 5) is 11.0. The van der Waals surface area contributed by atoms with Gasteiger partial charge in [-0.2, -0.15) is 5.10 Å². The highest BCUT2D eigenvalue weighted by molar-refractivity contribution is 5.88. The van der Waals surface area contributed by atoms with Crippen LogP contribution in [-0.2, 0) is 6.54 Å². The van der Waals surface area contributed by atoms with E-state index >= 15 is 0 Å². The van der Waals surface area contributed by atoms with Gasteiger partial charge in [0.05, 0.1) is 19.0 Å². The van der Waals surface area contributed by atoms with Gasteiger partial charge >= 0.3 is 5.97 Å². The summed E-state index contributed by atoms with van der Waals surface area (Å²) in [5.41, 5.74) is 2.22. The van der Waals surface area contributed by atoms with Crippen molar-refractivity contribution < 1.29 is 14.3 Å². The second-order valence-corrected chi connectivity index (χ2v) is 4.36. The average molecular weight is 268 g/mol. The van der Waals surface area contributed by atoms with E-state index in [0.717, 1.165) is 11.1 Å². The monoisotopic (exact) mass is 268 g/mol. The minimum Gasteiger partial charge on any atom is -0.478 e. The minimum absolute atomic E-state index is 0.168. The molecule has 100 valence electrons. The van der Waals surface area contributed by atoms with Crippen molar-refractivity contribution in [3.63, 3.8) is 0 Å². The number of carbonyl (C=O) groups is 1. The number of hydrogen-bond acceptors (Lipinski definition) is 3. The number of aromatic nitrogens is 2.